The van der Waals surface area contributed by atoms with Gasteiger partial charge in [-0.25, -0.2) is 0 Å². The van der Waals surface area contributed by atoms with Gasteiger partial charge in [0, 0.05) is 19.3 Å². The largest absolute Gasteiger partial charge is 0.481 e. The summed E-state index contributed by atoms with van der Waals surface area (Å²) < 4.78 is 2.09. The van der Waals surface area contributed by atoms with Gasteiger partial charge in [-0.15, -0.1) is 0 Å². The van der Waals surface area contributed by atoms with E-state index in [1.165, 1.54) is 25.7 Å². The quantitative estimate of drug-likeness (QED) is 0.822. The summed E-state index contributed by atoms with van der Waals surface area (Å²) in [6, 6.07) is 2.63. The van der Waals surface area contributed by atoms with Gasteiger partial charge in [-0.2, -0.15) is 5.10 Å². The van der Waals surface area contributed by atoms with E-state index in [1.807, 2.05) is 0 Å². The average Bonchev–Trinajstić information content (AvgIpc) is 3.04. The molecule has 1 aromatic heterocycles. The lowest BCUT2D eigenvalue weighted by Crippen LogP contribution is -2.26. The van der Waals surface area contributed by atoms with Crippen molar-refractivity contribution in [1.82, 2.24) is 14.7 Å². The van der Waals surface area contributed by atoms with E-state index in [0.717, 1.165) is 18.8 Å². The predicted octanol–water partition coefficient (Wildman–Crippen LogP) is 2.29. The number of carbonyl (C=O) groups is 1. The van der Waals surface area contributed by atoms with E-state index >= 15 is 0 Å². The highest BCUT2D eigenvalue weighted by atomic mass is 16.4. The van der Waals surface area contributed by atoms with Gasteiger partial charge in [-0.05, 0) is 25.5 Å². The molecule has 0 aliphatic heterocycles. The third-order valence-corrected chi connectivity index (χ3v) is 3.84. The maximum absolute atomic E-state index is 10.6. The van der Waals surface area contributed by atoms with Crippen molar-refractivity contribution in [3.63, 3.8) is 0 Å². The molecule has 5 nitrogen and oxygen atoms in total. The topological polar surface area (TPSA) is 58.4 Å². The Morgan fingerprint density at radius 1 is 1.53 bits per heavy atom. The molecule has 1 aliphatic rings. The van der Waals surface area contributed by atoms with Gasteiger partial charge in [-0.1, -0.05) is 19.8 Å². The molecule has 1 aliphatic carbocycles. The van der Waals surface area contributed by atoms with Crippen LogP contribution in [0.5, 0.6) is 0 Å². The van der Waals surface area contributed by atoms with Crippen LogP contribution in [0.15, 0.2) is 12.3 Å². The van der Waals surface area contributed by atoms with Crippen LogP contribution >= 0.6 is 0 Å². The standard InChI is InChI=1S/C14H23N3O2/c1-2-16(9-8-14(18)19)11-12-7-10-17(15-12)13-5-3-4-6-13/h7,10,13H,2-6,8-9,11H2,1H3,(H,18,19). The van der Waals surface area contributed by atoms with Crippen LogP contribution in [0.3, 0.4) is 0 Å². The molecule has 0 bridgehead atoms. The van der Waals surface area contributed by atoms with Gasteiger partial charge in [0.15, 0.2) is 0 Å². The number of carboxylic acids is 1. The molecule has 19 heavy (non-hydrogen) atoms. The van der Waals surface area contributed by atoms with Crippen LogP contribution in [0.2, 0.25) is 0 Å². The molecule has 1 heterocycles. The van der Waals surface area contributed by atoms with Crippen molar-refractivity contribution >= 4 is 5.97 Å². The molecule has 5 heteroatoms. The monoisotopic (exact) mass is 265 g/mol. The molecule has 0 amide bonds. The fraction of sp³-hybridized carbons (Fsp3) is 0.714. The smallest absolute Gasteiger partial charge is 0.304 e. The van der Waals surface area contributed by atoms with Gasteiger partial charge in [0.25, 0.3) is 0 Å². The molecule has 0 aromatic carbocycles. The van der Waals surface area contributed by atoms with E-state index < -0.39 is 5.97 Å². The zero-order chi connectivity index (χ0) is 13.7. The van der Waals surface area contributed by atoms with E-state index in [4.69, 9.17) is 5.11 Å². The Hall–Kier alpha value is -1.36. The zero-order valence-electron chi connectivity index (χ0n) is 11.6. The van der Waals surface area contributed by atoms with Gasteiger partial charge in [0.1, 0.15) is 0 Å². The van der Waals surface area contributed by atoms with Crippen molar-refractivity contribution in [1.29, 1.82) is 0 Å². The number of carboxylic acid groups (broad SMARTS) is 1. The average molecular weight is 265 g/mol. The van der Waals surface area contributed by atoms with Crippen LogP contribution in [0.1, 0.15) is 50.8 Å². The van der Waals surface area contributed by atoms with Crippen LogP contribution in [-0.4, -0.2) is 38.8 Å². The minimum absolute atomic E-state index is 0.192. The highest BCUT2D eigenvalue weighted by molar-refractivity contribution is 5.66. The molecule has 0 spiro atoms. The Balaban J connectivity index is 1.88. The summed E-state index contributed by atoms with van der Waals surface area (Å²) in [5.41, 5.74) is 1.04. The van der Waals surface area contributed by atoms with E-state index in [2.05, 4.69) is 33.9 Å². The lowest BCUT2D eigenvalue weighted by molar-refractivity contribution is -0.137. The normalized spacial score (nSPS) is 16.3. The van der Waals surface area contributed by atoms with Crippen molar-refractivity contribution in [2.24, 2.45) is 0 Å². The van der Waals surface area contributed by atoms with Gasteiger partial charge in [0.2, 0.25) is 0 Å². The number of hydrogen-bond donors (Lipinski definition) is 1. The Morgan fingerprint density at radius 2 is 2.26 bits per heavy atom. The molecule has 0 atom stereocenters. The summed E-state index contributed by atoms with van der Waals surface area (Å²) in [5, 5.41) is 13.4. The second-order valence-corrected chi connectivity index (χ2v) is 5.24. The SMILES string of the molecule is CCN(CCC(=O)O)Cc1ccn(C2CCCC2)n1. The maximum Gasteiger partial charge on any atom is 0.304 e. The summed E-state index contributed by atoms with van der Waals surface area (Å²) in [7, 11) is 0. The van der Waals surface area contributed by atoms with Crippen LogP contribution in [0.4, 0.5) is 0 Å². The van der Waals surface area contributed by atoms with Gasteiger partial charge >= 0.3 is 5.97 Å². The molecule has 2 rings (SSSR count). The molecule has 1 N–H and O–H groups in total. The Labute approximate surface area is 114 Å². The van der Waals surface area contributed by atoms with Gasteiger partial charge in [-0.3, -0.25) is 14.4 Å². The van der Waals surface area contributed by atoms with E-state index in [-0.39, 0.29) is 6.42 Å². The van der Waals surface area contributed by atoms with E-state index in [1.54, 1.807) is 0 Å². The second-order valence-electron chi connectivity index (χ2n) is 5.24. The first-order valence-electron chi connectivity index (χ1n) is 7.17. The van der Waals surface area contributed by atoms with E-state index in [0.29, 0.717) is 12.6 Å². The summed E-state index contributed by atoms with van der Waals surface area (Å²) in [4.78, 5) is 12.7. The Morgan fingerprint density at radius 3 is 2.89 bits per heavy atom. The van der Waals surface area contributed by atoms with Gasteiger partial charge < -0.3 is 5.11 Å². The fourth-order valence-corrected chi connectivity index (χ4v) is 2.67. The number of aromatic nitrogens is 2. The summed E-state index contributed by atoms with van der Waals surface area (Å²) in [5.74, 6) is -0.741. The second kappa shape index (κ2) is 6.70. The van der Waals surface area contributed by atoms with Crippen LogP contribution in [-0.2, 0) is 11.3 Å². The number of aliphatic carboxylic acids is 1. The van der Waals surface area contributed by atoms with E-state index in [9.17, 15) is 4.79 Å². The maximum atomic E-state index is 10.6. The fourth-order valence-electron chi connectivity index (χ4n) is 2.67. The Kier molecular flexibility index (Phi) is 4.96. The van der Waals surface area contributed by atoms with Gasteiger partial charge in [0.05, 0.1) is 18.2 Å². The molecule has 1 saturated carbocycles. The van der Waals surface area contributed by atoms with Crippen molar-refractivity contribution in [2.75, 3.05) is 13.1 Å². The minimum atomic E-state index is -0.741. The van der Waals surface area contributed by atoms with Crippen molar-refractivity contribution in [3.8, 4) is 0 Å². The number of rotatable bonds is 7. The highest BCUT2D eigenvalue weighted by Gasteiger charge is 2.18. The first-order chi connectivity index (χ1) is 9.19. The van der Waals surface area contributed by atoms with Crippen molar-refractivity contribution in [3.05, 3.63) is 18.0 Å². The number of nitrogens with zero attached hydrogens (tertiary/aromatic N) is 3. The van der Waals surface area contributed by atoms with Crippen LogP contribution in [0.25, 0.3) is 0 Å². The van der Waals surface area contributed by atoms with Crippen LogP contribution < -0.4 is 0 Å². The summed E-state index contributed by atoms with van der Waals surface area (Å²) >= 11 is 0. The zero-order valence-corrected chi connectivity index (χ0v) is 11.6. The molecule has 1 fully saturated rings. The highest BCUT2D eigenvalue weighted by Crippen LogP contribution is 2.28. The molecule has 1 aromatic rings. The van der Waals surface area contributed by atoms with Crippen molar-refractivity contribution < 1.29 is 9.90 Å². The molecular weight excluding hydrogens is 242 g/mol. The minimum Gasteiger partial charge on any atom is -0.481 e. The molecule has 0 unspecified atom stereocenters. The third-order valence-electron chi connectivity index (χ3n) is 3.84. The third kappa shape index (κ3) is 4.06. The molecule has 0 saturated heterocycles. The first kappa shape index (κ1) is 14.1. The van der Waals surface area contributed by atoms with Crippen molar-refractivity contribution in [2.45, 2.75) is 51.6 Å². The summed E-state index contributed by atoms with van der Waals surface area (Å²) in [6.07, 6.45) is 7.34. The predicted molar refractivity (Wildman–Crippen MR) is 72.9 cm³/mol. The lowest BCUT2D eigenvalue weighted by atomic mass is 10.3. The molecule has 106 valence electrons. The van der Waals surface area contributed by atoms with Crippen LogP contribution in [0, 0.1) is 0 Å². The molecule has 0 radical (unpaired) electrons. The summed E-state index contributed by atoms with van der Waals surface area (Å²) in [6.45, 7) is 4.23. The molecular formula is C14H23N3O2. The first-order valence-corrected chi connectivity index (χ1v) is 7.17. The lowest BCUT2D eigenvalue weighted by Gasteiger charge is -2.18. The Bertz CT molecular complexity index is 411. The number of hydrogen-bond acceptors (Lipinski definition) is 3.